The predicted octanol–water partition coefficient (Wildman–Crippen LogP) is 2.42. The highest BCUT2D eigenvalue weighted by Gasteiger charge is 2.30. The SMILES string of the molecule is C=NN(C(=C)C#N)C1CCN(C2CCCN(C(=O)OCC)CC2)CC1. The normalized spacial score (nSPS) is 22.6. The summed E-state index contributed by atoms with van der Waals surface area (Å²) in [5.74, 6) is 0. The molecule has 2 saturated heterocycles. The molecule has 2 aliphatic heterocycles. The van der Waals surface area contributed by atoms with E-state index < -0.39 is 0 Å². The molecule has 2 rings (SSSR count). The number of ether oxygens (including phenoxy) is 1. The van der Waals surface area contributed by atoms with Crippen LogP contribution in [0.5, 0.6) is 0 Å². The number of rotatable bonds is 5. The Morgan fingerprint density at radius 1 is 1.28 bits per heavy atom. The Hall–Kier alpha value is -2.07. The summed E-state index contributed by atoms with van der Waals surface area (Å²) in [7, 11) is 0. The van der Waals surface area contributed by atoms with E-state index in [9.17, 15) is 4.79 Å². The number of amides is 1. The Kier molecular flexibility index (Phi) is 7.26. The van der Waals surface area contributed by atoms with Gasteiger partial charge >= 0.3 is 6.09 Å². The Morgan fingerprint density at radius 3 is 2.60 bits per heavy atom. The number of likely N-dealkylation sites (tertiary alicyclic amines) is 2. The van der Waals surface area contributed by atoms with Gasteiger partial charge in [0.2, 0.25) is 0 Å². The van der Waals surface area contributed by atoms with Crippen LogP contribution in [0.2, 0.25) is 0 Å². The van der Waals surface area contributed by atoms with Gasteiger partial charge in [0.1, 0.15) is 11.8 Å². The molecule has 2 fully saturated rings. The summed E-state index contributed by atoms with van der Waals surface area (Å²) in [5.41, 5.74) is 0.355. The molecule has 0 aromatic rings. The van der Waals surface area contributed by atoms with Crippen LogP contribution in [0.4, 0.5) is 4.79 Å². The Labute approximate surface area is 150 Å². The molecule has 1 amide bonds. The maximum Gasteiger partial charge on any atom is 0.409 e. The lowest BCUT2D eigenvalue weighted by molar-refractivity contribution is 0.0930. The van der Waals surface area contributed by atoms with Crippen molar-refractivity contribution in [2.75, 3.05) is 32.8 Å². The Morgan fingerprint density at radius 2 is 2.00 bits per heavy atom. The lowest BCUT2D eigenvalue weighted by Gasteiger charge is -2.40. The fourth-order valence-corrected chi connectivity index (χ4v) is 3.81. The van der Waals surface area contributed by atoms with Crippen molar-refractivity contribution in [1.82, 2.24) is 14.8 Å². The van der Waals surface area contributed by atoms with Crippen LogP contribution in [0.15, 0.2) is 17.4 Å². The minimum absolute atomic E-state index is 0.190. The maximum absolute atomic E-state index is 11.9. The second-order valence-electron chi connectivity index (χ2n) is 6.58. The van der Waals surface area contributed by atoms with Gasteiger partial charge < -0.3 is 14.5 Å². The van der Waals surface area contributed by atoms with E-state index in [1.165, 1.54) is 0 Å². The second kappa shape index (κ2) is 9.42. The molecular weight excluding hydrogens is 318 g/mol. The van der Waals surface area contributed by atoms with Gasteiger partial charge in [-0.15, -0.1) is 0 Å². The fraction of sp³-hybridized carbons (Fsp3) is 0.722. The van der Waals surface area contributed by atoms with E-state index in [0.29, 0.717) is 18.3 Å². The zero-order valence-corrected chi connectivity index (χ0v) is 15.2. The summed E-state index contributed by atoms with van der Waals surface area (Å²) in [6, 6.07) is 2.76. The van der Waals surface area contributed by atoms with Gasteiger partial charge in [0.25, 0.3) is 0 Å². The number of carbonyl (C=O) groups is 1. The molecule has 0 spiro atoms. The molecule has 138 valence electrons. The number of piperidine rings is 1. The molecule has 0 bridgehead atoms. The molecule has 1 atom stereocenters. The van der Waals surface area contributed by atoms with E-state index in [1.54, 1.807) is 5.01 Å². The van der Waals surface area contributed by atoms with Gasteiger partial charge in [-0.25, -0.2) is 4.79 Å². The number of allylic oxidation sites excluding steroid dienone is 1. The maximum atomic E-state index is 11.9. The largest absolute Gasteiger partial charge is 0.450 e. The quantitative estimate of drug-likeness (QED) is 0.434. The van der Waals surface area contributed by atoms with E-state index in [1.807, 2.05) is 11.8 Å². The first-order valence-electron chi connectivity index (χ1n) is 9.11. The van der Waals surface area contributed by atoms with Crippen molar-refractivity contribution in [2.45, 2.75) is 51.1 Å². The second-order valence-corrected chi connectivity index (χ2v) is 6.58. The van der Waals surface area contributed by atoms with Crippen LogP contribution in [0.1, 0.15) is 39.0 Å². The minimum atomic E-state index is -0.190. The number of hydrazone groups is 1. The van der Waals surface area contributed by atoms with Gasteiger partial charge in [-0.1, -0.05) is 6.58 Å². The first-order valence-corrected chi connectivity index (χ1v) is 9.11. The van der Waals surface area contributed by atoms with Crippen LogP contribution in [0.25, 0.3) is 0 Å². The van der Waals surface area contributed by atoms with E-state index in [2.05, 4.69) is 29.4 Å². The lowest BCUT2D eigenvalue weighted by atomic mass is 9.99. The van der Waals surface area contributed by atoms with Crippen molar-refractivity contribution in [3.8, 4) is 6.07 Å². The molecule has 0 radical (unpaired) electrons. The van der Waals surface area contributed by atoms with Crippen molar-refractivity contribution >= 4 is 12.8 Å². The minimum Gasteiger partial charge on any atom is -0.450 e. The predicted molar refractivity (Wildman–Crippen MR) is 97.0 cm³/mol. The van der Waals surface area contributed by atoms with Crippen molar-refractivity contribution in [3.05, 3.63) is 12.3 Å². The molecule has 0 saturated carbocycles. The summed E-state index contributed by atoms with van der Waals surface area (Å²) in [6.45, 7) is 13.1. The third kappa shape index (κ3) is 4.95. The van der Waals surface area contributed by atoms with Gasteiger partial charge in [0, 0.05) is 38.9 Å². The van der Waals surface area contributed by atoms with Crippen LogP contribution in [0, 0.1) is 11.3 Å². The van der Waals surface area contributed by atoms with Gasteiger partial charge in [-0.2, -0.15) is 10.4 Å². The molecule has 2 aliphatic rings. The highest BCUT2D eigenvalue weighted by molar-refractivity contribution is 5.67. The van der Waals surface area contributed by atoms with Crippen LogP contribution < -0.4 is 0 Å². The number of nitriles is 1. The monoisotopic (exact) mass is 347 g/mol. The fourth-order valence-electron chi connectivity index (χ4n) is 3.81. The summed E-state index contributed by atoms with van der Waals surface area (Å²) in [4.78, 5) is 16.3. The van der Waals surface area contributed by atoms with E-state index in [4.69, 9.17) is 10.00 Å². The summed E-state index contributed by atoms with van der Waals surface area (Å²) >= 11 is 0. The highest BCUT2D eigenvalue weighted by Crippen LogP contribution is 2.25. The van der Waals surface area contributed by atoms with Crippen LogP contribution in [-0.4, -0.2) is 72.5 Å². The van der Waals surface area contributed by atoms with Crippen molar-refractivity contribution in [1.29, 1.82) is 5.26 Å². The van der Waals surface area contributed by atoms with Gasteiger partial charge in [0.15, 0.2) is 0 Å². The van der Waals surface area contributed by atoms with Gasteiger partial charge in [-0.05, 0) is 39.0 Å². The van der Waals surface area contributed by atoms with Crippen LogP contribution in [-0.2, 0) is 4.74 Å². The lowest BCUT2D eigenvalue weighted by Crippen LogP contribution is -2.46. The zero-order chi connectivity index (χ0) is 18.2. The molecule has 0 aromatic carbocycles. The molecule has 0 N–H and O–H groups in total. The third-order valence-corrected chi connectivity index (χ3v) is 5.14. The molecule has 0 aromatic heterocycles. The highest BCUT2D eigenvalue weighted by atomic mass is 16.6. The topological polar surface area (TPSA) is 72.2 Å². The Bertz CT molecular complexity index is 522. The van der Waals surface area contributed by atoms with Crippen LogP contribution >= 0.6 is 0 Å². The molecule has 25 heavy (non-hydrogen) atoms. The van der Waals surface area contributed by atoms with Crippen molar-refractivity contribution in [3.63, 3.8) is 0 Å². The molecule has 0 aliphatic carbocycles. The van der Waals surface area contributed by atoms with E-state index in [-0.39, 0.29) is 12.1 Å². The average molecular weight is 347 g/mol. The number of hydrogen-bond donors (Lipinski definition) is 0. The standard InChI is InChI=1S/C18H29N5O2/c1-4-25-18(24)22-10-5-6-16(7-13-22)21-11-8-17(9-12-21)23(20-3)15(2)14-19/h16-17H,2-13H2,1H3. The summed E-state index contributed by atoms with van der Waals surface area (Å²) in [5, 5.41) is 14.7. The first-order chi connectivity index (χ1) is 12.1. The molecular formula is C18H29N5O2. The molecule has 1 unspecified atom stereocenters. The summed E-state index contributed by atoms with van der Waals surface area (Å²) < 4.78 is 5.12. The van der Waals surface area contributed by atoms with E-state index in [0.717, 1.165) is 58.3 Å². The molecule has 7 heteroatoms. The average Bonchev–Trinajstić information content (AvgIpc) is 2.89. The summed E-state index contributed by atoms with van der Waals surface area (Å²) in [6.07, 6.45) is 4.79. The number of hydrogen-bond acceptors (Lipinski definition) is 6. The number of carbonyl (C=O) groups excluding carboxylic acids is 1. The van der Waals surface area contributed by atoms with Gasteiger partial charge in [0.05, 0.1) is 12.6 Å². The first kappa shape index (κ1) is 19.3. The number of nitrogens with zero attached hydrogens (tertiary/aromatic N) is 5. The smallest absolute Gasteiger partial charge is 0.409 e. The van der Waals surface area contributed by atoms with Crippen molar-refractivity contribution in [2.24, 2.45) is 5.10 Å². The third-order valence-electron chi connectivity index (χ3n) is 5.14. The van der Waals surface area contributed by atoms with Gasteiger partial charge in [-0.3, -0.25) is 5.01 Å². The molecule has 2 heterocycles. The van der Waals surface area contributed by atoms with Crippen LogP contribution in [0.3, 0.4) is 0 Å². The molecule has 7 nitrogen and oxygen atoms in total. The van der Waals surface area contributed by atoms with E-state index >= 15 is 0 Å². The zero-order valence-electron chi connectivity index (χ0n) is 15.2. The van der Waals surface area contributed by atoms with Crippen molar-refractivity contribution < 1.29 is 9.53 Å². The Balaban J connectivity index is 1.84.